The Labute approximate surface area is 211 Å². The van der Waals surface area contributed by atoms with E-state index in [2.05, 4.69) is 35.0 Å². The van der Waals surface area contributed by atoms with Crippen LogP contribution in [0, 0.1) is 5.82 Å². The SMILES string of the molecule is CN(C)CCOc1cncc(-c2cc3c(-c4nc5c(-c6cccc(F)c6)cncc5[nH]4)n[nH]c3cn2)c1. The summed E-state index contributed by atoms with van der Waals surface area (Å²) in [4.78, 5) is 23.4. The molecule has 0 aliphatic carbocycles. The molecular weight excluding hydrogens is 471 g/mol. The Hall–Kier alpha value is -4.70. The number of H-pyrrole nitrogens is 2. The van der Waals surface area contributed by atoms with Crippen LogP contribution in [0.25, 0.3) is 55.8 Å². The Bertz CT molecular complexity index is 1720. The van der Waals surface area contributed by atoms with Gasteiger partial charge in [0.05, 0.1) is 40.8 Å². The van der Waals surface area contributed by atoms with Gasteiger partial charge in [-0.25, -0.2) is 9.37 Å². The number of hydrogen-bond donors (Lipinski definition) is 2. The second-order valence-corrected chi connectivity index (χ2v) is 8.93. The van der Waals surface area contributed by atoms with Gasteiger partial charge in [-0.15, -0.1) is 0 Å². The van der Waals surface area contributed by atoms with Crippen molar-refractivity contribution >= 4 is 21.9 Å². The van der Waals surface area contributed by atoms with Crippen molar-refractivity contribution in [3.8, 4) is 39.7 Å². The van der Waals surface area contributed by atoms with Crippen LogP contribution >= 0.6 is 0 Å². The van der Waals surface area contributed by atoms with E-state index in [4.69, 9.17) is 9.72 Å². The van der Waals surface area contributed by atoms with Gasteiger partial charge < -0.3 is 14.6 Å². The molecule has 0 saturated heterocycles. The van der Waals surface area contributed by atoms with Crippen molar-refractivity contribution in [3.63, 3.8) is 0 Å². The van der Waals surface area contributed by atoms with E-state index in [1.54, 1.807) is 37.1 Å². The number of pyridine rings is 3. The summed E-state index contributed by atoms with van der Waals surface area (Å²) in [7, 11) is 4.00. The smallest absolute Gasteiger partial charge is 0.159 e. The molecule has 0 saturated carbocycles. The Balaban J connectivity index is 1.38. The van der Waals surface area contributed by atoms with Gasteiger partial charge in [-0.2, -0.15) is 5.10 Å². The predicted molar refractivity (Wildman–Crippen MR) is 139 cm³/mol. The number of aromatic nitrogens is 7. The fraction of sp³-hybridized carbons (Fsp3) is 0.148. The van der Waals surface area contributed by atoms with Crippen LogP contribution in [0.3, 0.4) is 0 Å². The average molecular weight is 495 g/mol. The first-order chi connectivity index (χ1) is 18.0. The van der Waals surface area contributed by atoms with Crippen LogP contribution in [-0.2, 0) is 0 Å². The molecule has 1 aromatic carbocycles. The molecule has 0 amide bonds. The summed E-state index contributed by atoms with van der Waals surface area (Å²) in [5.74, 6) is 0.941. The summed E-state index contributed by atoms with van der Waals surface area (Å²) in [6.45, 7) is 1.37. The van der Waals surface area contributed by atoms with Crippen molar-refractivity contribution in [1.82, 2.24) is 40.0 Å². The lowest BCUT2D eigenvalue weighted by atomic mass is 10.1. The lowest BCUT2D eigenvalue weighted by molar-refractivity contribution is 0.261. The molecule has 0 radical (unpaired) electrons. The molecule has 5 heterocycles. The third-order valence-electron chi connectivity index (χ3n) is 6.02. The molecular formula is C27H23FN8O. The van der Waals surface area contributed by atoms with Gasteiger partial charge in [0, 0.05) is 35.5 Å². The van der Waals surface area contributed by atoms with E-state index in [0.29, 0.717) is 35.0 Å². The van der Waals surface area contributed by atoms with Crippen molar-refractivity contribution in [2.75, 3.05) is 27.2 Å². The van der Waals surface area contributed by atoms with Crippen LogP contribution in [0.2, 0.25) is 0 Å². The largest absolute Gasteiger partial charge is 0.491 e. The average Bonchev–Trinajstić information content (AvgIpc) is 3.52. The number of fused-ring (bicyclic) bond motifs is 2. The molecule has 0 spiro atoms. The number of halogens is 1. The summed E-state index contributed by atoms with van der Waals surface area (Å²) in [6, 6.07) is 10.3. The van der Waals surface area contributed by atoms with Crippen molar-refractivity contribution in [2.45, 2.75) is 0 Å². The van der Waals surface area contributed by atoms with Crippen molar-refractivity contribution in [2.24, 2.45) is 0 Å². The van der Waals surface area contributed by atoms with Crippen LogP contribution in [0.4, 0.5) is 4.39 Å². The minimum Gasteiger partial charge on any atom is -0.491 e. The summed E-state index contributed by atoms with van der Waals surface area (Å²) in [5.41, 5.74) is 5.84. The van der Waals surface area contributed by atoms with Crippen LogP contribution in [0.15, 0.2) is 67.4 Å². The van der Waals surface area contributed by atoms with E-state index in [1.807, 2.05) is 32.3 Å². The predicted octanol–water partition coefficient (Wildman–Crippen LogP) is 4.70. The lowest BCUT2D eigenvalue weighted by Gasteiger charge is -2.11. The molecule has 0 aliphatic heterocycles. The van der Waals surface area contributed by atoms with Crippen LogP contribution in [-0.4, -0.2) is 67.3 Å². The third-order valence-corrected chi connectivity index (χ3v) is 6.02. The zero-order chi connectivity index (χ0) is 25.4. The number of ether oxygens (including phenoxy) is 1. The molecule has 10 heteroatoms. The summed E-state index contributed by atoms with van der Waals surface area (Å²) >= 11 is 0. The molecule has 0 atom stereocenters. The first kappa shape index (κ1) is 22.7. The molecule has 0 aliphatic rings. The van der Waals surface area contributed by atoms with E-state index in [0.717, 1.165) is 39.8 Å². The van der Waals surface area contributed by atoms with Crippen molar-refractivity contribution in [3.05, 3.63) is 73.2 Å². The zero-order valence-corrected chi connectivity index (χ0v) is 20.2. The standard InChI is InChI=1S/C27H23FN8O/c1-36(2)6-7-37-19-9-17(11-29-12-19)22-10-20-23(15-31-22)34-35-26(20)27-32-24-14-30-13-21(25(24)33-27)16-4-3-5-18(28)8-16/h3-5,8-15H,6-7H2,1-2H3,(H,32,33)(H,34,35). The molecule has 0 unspecified atom stereocenters. The van der Waals surface area contributed by atoms with Gasteiger partial charge in [0.2, 0.25) is 0 Å². The van der Waals surface area contributed by atoms with Crippen LogP contribution < -0.4 is 4.74 Å². The maximum atomic E-state index is 13.9. The number of hydrogen-bond acceptors (Lipinski definition) is 7. The van der Waals surface area contributed by atoms with Gasteiger partial charge >= 0.3 is 0 Å². The monoisotopic (exact) mass is 494 g/mol. The zero-order valence-electron chi connectivity index (χ0n) is 20.2. The third kappa shape index (κ3) is 4.50. The van der Waals surface area contributed by atoms with Gasteiger partial charge in [0.25, 0.3) is 0 Å². The topological polar surface area (TPSA) is 109 Å². The Kier molecular flexibility index (Phi) is 5.78. The van der Waals surface area contributed by atoms with Gasteiger partial charge in [-0.05, 0) is 43.9 Å². The van der Waals surface area contributed by atoms with E-state index < -0.39 is 0 Å². The van der Waals surface area contributed by atoms with Crippen molar-refractivity contribution in [1.29, 1.82) is 0 Å². The fourth-order valence-electron chi connectivity index (χ4n) is 4.15. The maximum Gasteiger partial charge on any atom is 0.159 e. The van der Waals surface area contributed by atoms with Gasteiger partial charge in [-0.1, -0.05) is 12.1 Å². The highest BCUT2D eigenvalue weighted by atomic mass is 19.1. The van der Waals surface area contributed by atoms with E-state index in [9.17, 15) is 4.39 Å². The first-order valence-electron chi connectivity index (χ1n) is 11.7. The van der Waals surface area contributed by atoms with E-state index in [1.165, 1.54) is 12.1 Å². The number of imidazole rings is 1. The maximum absolute atomic E-state index is 13.9. The number of nitrogens with one attached hydrogen (secondary N) is 2. The molecule has 6 aromatic rings. The normalized spacial score (nSPS) is 11.6. The van der Waals surface area contributed by atoms with Gasteiger partial charge in [0.1, 0.15) is 23.9 Å². The molecule has 6 rings (SSSR count). The Morgan fingerprint density at radius 3 is 2.70 bits per heavy atom. The highest BCUT2D eigenvalue weighted by molar-refractivity contribution is 5.97. The van der Waals surface area contributed by atoms with Gasteiger partial charge in [0.15, 0.2) is 5.82 Å². The molecule has 184 valence electrons. The number of benzene rings is 1. The number of rotatable bonds is 7. The molecule has 37 heavy (non-hydrogen) atoms. The van der Waals surface area contributed by atoms with Crippen molar-refractivity contribution < 1.29 is 9.13 Å². The molecule has 5 aromatic heterocycles. The highest BCUT2D eigenvalue weighted by Gasteiger charge is 2.17. The molecule has 2 N–H and O–H groups in total. The Morgan fingerprint density at radius 2 is 1.84 bits per heavy atom. The second kappa shape index (κ2) is 9.40. The second-order valence-electron chi connectivity index (χ2n) is 8.93. The quantitative estimate of drug-likeness (QED) is 0.331. The fourth-order valence-corrected chi connectivity index (χ4v) is 4.15. The summed E-state index contributed by atoms with van der Waals surface area (Å²) < 4.78 is 19.7. The lowest BCUT2D eigenvalue weighted by Crippen LogP contribution is -2.19. The van der Waals surface area contributed by atoms with E-state index >= 15 is 0 Å². The van der Waals surface area contributed by atoms with Crippen LogP contribution in [0.1, 0.15) is 0 Å². The number of likely N-dealkylation sites (N-methyl/N-ethyl adjacent to an activating group) is 1. The van der Waals surface area contributed by atoms with Gasteiger partial charge in [-0.3, -0.25) is 20.1 Å². The first-order valence-corrected chi connectivity index (χ1v) is 11.7. The molecule has 0 bridgehead atoms. The Morgan fingerprint density at radius 1 is 0.946 bits per heavy atom. The number of aromatic amines is 2. The minimum atomic E-state index is -0.315. The number of nitrogens with zero attached hydrogens (tertiary/aromatic N) is 6. The minimum absolute atomic E-state index is 0.315. The molecule has 0 fully saturated rings. The molecule has 9 nitrogen and oxygen atoms in total. The highest BCUT2D eigenvalue weighted by Crippen LogP contribution is 2.32. The van der Waals surface area contributed by atoms with E-state index in [-0.39, 0.29) is 5.82 Å². The van der Waals surface area contributed by atoms with Crippen LogP contribution in [0.5, 0.6) is 5.75 Å². The summed E-state index contributed by atoms with van der Waals surface area (Å²) in [5, 5.41) is 8.38. The summed E-state index contributed by atoms with van der Waals surface area (Å²) in [6.07, 6.45) is 8.57.